The van der Waals surface area contributed by atoms with Gasteiger partial charge in [-0.15, -0.1) is 11.3 Å². The second kappa shape index (κ2) is 9.04. The summed E-state index contributed by atoms with van der Waals surface area (Å²) in [5.41, 5.74) is 8.94. The van der Waals surface area contributed by atoms with Gasteiger partial charge in [0.25, 0.3) is 0 Å². The summed E-state index contributed by atoms with van der Waals surface area (Å²) in [6.45, 7) is 4.72. The fraction of sp³-hybridized carbons (Fsp3) is 0.0732. The van der Waals surface area contributed by atoms with E-state index in [-0.39, 0.29) is 5.41 Å². The van der Waals surface area contributed by atoms with Crippen LogP contribution in [0.25, 0.3) is 52.8 Å². The zero-order valence-electron chi connectivity index (χ0n) is 24.1. The van der Waals surface area contributed by atoms with E-state index in [4.69, 9.17) is 0 Å². The van der Waals surface area contributed by atoms with Crippen molar-refractivity contribution in [3.05, 3.63) is 151 Å². The molecule has 1 heterocycles. The van der Waals surface area contributed by atoms with Gasteiger partial charge in [-0.2, -0.15) is 0 Å². The molecule has 204 valence electrons. The van der Waals surface area contributed by atoms with Crippen molar-refractivity contribution in [3.63, 3.8) is 0 Å². The van der Waals surface area contributed by atoms with Crippen LogP contribution in [0.1, 0.15) is 25.0 Å². The molecule has 43 heavy (non-hydrogen) atoms. The van der Waals surface area contributed by atoms with Crippen molar-refractivity contribution in [2.24, 2.45) is 0 Å². The van der Waals surface area contributed by atoms with Crippen LogP contribution in [-0.2, 0) is 5.41 Å². The van der Waals surface area contributed by atoms with Crippen LogP contribution in [0.2, 0.25) is 0 Å². The first-order valence-corrected chi connectivity index (χ1v) is 15.8. The number of fused-ring (bicyclic) bond motifs is 9. The van der Waals surface area contributed by atoms with Gasteiger partial charge in [0.2, 0.25) is 0 Å². The number of anilines is 3. The highest BCUT2D eigenvalue weighted by molar-refractivity contribution is 7.26. The Morgan fingerprint density at radius 1 is 0.488 bits per heavy atom. The summed E-state index contributed by atoms with van der Waals surface area (Å²) < 4.78 is 2.69. The molecule has 0 radical (unpaired) electrons. The number of hydrogen-bond acceptors (Lipinski definition) is 2. The van der Waals surface area contributed by atoms with E-state index in [1.165, 1.54) is 75.3 Å². The number of benzene rings is 7. The third-order valence-corrected chi connectivity index (χ3v) is 10.7. The van der Waals surface area contributed by atoms with Gasteiger partial charge < -0.3 is 4.90 Å². The second-order valence-corrected chi connectivity index (χ2v) is 13.2. The van der Waals surface area contributed by atoms with Crippen LogP contribution in [0.3, 0.4) is 0 Å². The molecule has 0 unspecified atom stereocenters. The first-order chi connectivity index (χ1) is 21.1. The Balaban J connectivity index is 1.32. The number of nitrogens with zero attached hydrogens (tertiary/aromatic N) is 1. The van der Waals surface area contributed by atoms with E-state index >= 15 is 0 Å². The quantitative estimate of drug-likeness (QED) is 0.205. The lowest BCUT2D eigenvalue weighted by atomic mass is 9.82. The molecule has 1 aromatic heterocycles. The van der Waals surface area contributed by atoms with Gasteiger partial charge in [0.15, 0.2) is 0 Å². The van der Waals surface area contributed by atoms with Gasteiger partial charge in [0, 0.05) is 47.7 Å². The normalized spacial score (nSPS) is 13.5. The van der Waals surface area contributed by atoms with Gasteiger partial charge in [-0.25, -0.2) is 0 Å². The van der Waals surface area contributed by atoms with Crippen LogP contribution >= 0.6 is 11.3 Å². The largest absolute Gasteiger partial charge is 0.310 e. The highest BCUT2D eigenvalue weighted by Gasteiger charge is 2.35. The fourth-order valence-corrected chi connectivity index (χ4v) is 8.52. The Hall–Kier alpha value is -4.92. The highest BCUT2D eigenvalue weighted by Crippen LogP contribution is 2.51. The molecule has 1 aliphatic rings. The predicted octanol–water partition coefficient (Wildman–Crippen LogP) is 12.1. The molecule has 0 N–H and O–H groups in total. The van der Waals surface area contributed by atoms with Crippen molar-refractivity contribution in [1.29, 1.82) is 0 Å². The molecule has 8 aromatic rings. The zero-order valence-corrected chi connectivity index (χ0v) is 25.0. The molecule has 2 heteroatoms. The molecule has 0 saturated heterocycles. The minimum atomic E-state index is -0.0704. The van der Waals surface area contributed by atoms with E-state index in [0.717, 1.165) is 5.69 Å². The van der Waals surface area contributed by atoms with Crippen molar-refractivity contribution in [1.82, 2.24) is 0 Å². The number of thiophene rings is 1. The summed E-state index contributed by atoms with van der Waals surface area (Å²) in [5.74, 6) is 0. The summed E-state index contributed by atoms with van der Waals surface area (Å²) in [5, 5.41) is 7.72. The summed E-state index contributed by atoms with van der Waals surface area (Å²) >= 11 is 1.90. The lowest BCUT2D eigenvalue weighted by Crippen LogP contribution is -2.16. The van der Waals surface area contributed by atoms with Gasteiger partial charge in [0.1, 0.15) is 0 Å². The first kappa shape index (κ1) is 24.7. The van der Waals surface area contributed by atoms with E-state index in [1.807, 2.05) is 11.3 Å². The summed E-state index contributed by atoms with van der Waals surface area (Å²) in [7, 11) is 0. The zero-order chi connectivity index (χ0) is 28.7. The van der Waals surface area contributed by atoms with Gasteiger partial charge in [0.05, 0.1) is 5.69 Å². The van der Waals surface area contributed by atoms with Crippen molar-refractivity contribution in [2.75, 3.05) is 4.90 Å². The minimum Gasteiger partial charge on any atom is -0.310 e. The van der Waals surface area contributed by atoms with Crippen LogP contribution in [0.15, 0.2) is 140 Å². The Labute approximate surface area is 255 Å². The number of rotatable bonds is 3. The molecule has 1 aliphatic carbocycles. The summed E-state index contributed by atoms with van der Waals surface area (Å²) in [4.78, 5) is 2.47. The molecule has 0 aliphatic heterocycles. The van der Waals surface area contributed by atoms with E-state index in [2.05, 4.69) is 158 Å². The van der Waals surface area contributed by atoms with Gasteiger partial charge in [-0.3, -0.25) is 0 Å². The van der Waals surface area contributed by atoms with Gasteiger partial charge >= 0.3 is 0 Å². The van der Waals surface area contributed by atoms with Crippen molar-refractivity contribution >= 4 is 70.1 Å². The Morgan fingerprint density at radius 3 is 2.09 bits per heavy atom. The Morgan fingerprint density at radius 2 is 1.16 bits per heavy atom. The average Bonchev–Trinajstić information content (AvgIpc) is 3.54. The van der Waals surface area contributed by atoms with Crippen LogP contribution in [-0.4, -0.2) is 0 Å². The van der Waals surface area contributed by atoms with Crippen molar-refractivity contribution in [3.8, 4) is 11.1 Å². The molecule has 0 spiro atoms. The molecule has 0 amide bonds. The third-order valence-electron chi connectivity index (χ3n) is 9.44. The topological polar surface area (TPSA) is 3.24 Å². The third kappa shape index (κ3) is 3.57. The molecule has 0 atom stereocenters. The maximum absolute atomic E-state index is 2.47. The van der Waals surface area contributed by atoms with Crippen molar-refractivity contribution in [2.45, 2.75) is 19.3 Å². The first-order valence-electron chi connectivity index (χ1n) is 14.9. The smallest absolute Gasteiger partial charge is 0.0540 e. The van der Waals surface area contributed by atoms with Crippen LogP contribution < -0.4 is 4.90 Å². The fourth-order valence-electron chi connectivity index (χ4n) is 7.29. The maximum Gasteiger partial charge on any atom is 0.0540 e. The van der Waals surface area contributed by atoms with E-state index in [9.17, 15) is 0 Å². The SMILES string of the molecule is CC1(C)c2ccccc2-c2ccc(N(c3ccc4ccccc4c3)c3cccc4c3ccc3c5ccccc5sc43)cc21. The highest BCUT2D eigenvalue weighted by atomic mass is 32.1. The van der Waals surface area contributed by atoms with Crippen LogP contribution in [0, 0.1) is 0 Å². The minimum absolute atomic E-state index is 0.0704. The summed E-state index contributed by atoms with van der Waals surface area (Å²) in [6.07, 6.45) is 0. The molecular formula is C41H29NS. The standard InChI is InChI=1S/C41H29NS/c1-41(2)36-15-7-5-12-30(36)31-21-20-29(25-37(31)41)42(28-19-18-26-10-3-4-11-27(26)24-28)38-16-9-14-34-32(38)22-23-35-33-13-6-8-17-39(33)43-40(34)35/h3-25H,1-2H3. The average molecular weight is 568 g/mol. The molecule has 0 saturated carbocycles. The predicted molar refractivity (Wildman–Crippen MR) is 187 cm³/mol. The van der Waals surface area contributed by atoms with Crippen LogP contribution in [0.4, 0.5) is 17.1 Å². The molecule has 0 bridgehead atoms. The second-order valence-electron chi connectivity index (χ2n) is 12.2. The molecule has 1 nitrogen and oxygen atoms in total. The molecule has 7 aromatic carbocycles. The number of hydrogen-bond donors (Lipinski definition) is 0. The van der Waals surface area contributed by atoms with E-state index in [1.54, 1.807) is 0 Å². The maximum atomic E-state index is 2.47. The van der Waals surface area contributed by atoms with Gasteiger partial charge in [-0.05, 0) is 69.4 Å². The van der Waals surface area contributed by atoms with Crippen molar-refractivity contribution < 1.29 is 0 Å². The molecule has 9 rings (SSSR count). The van der Waals surface area contributed by atoms with Crippen LogP contribution in [0.5, 0.6) is 0 Å². The Kier molecular flexibility index (Phi) is 5.18. The lowest BCUT2D eigenvalue weighted by molar-refractivity contribution is 0.660. The van der Waals surface area contributed by atoms with E-state index < -0.39 is 0 Å². The van der Waals surface area contributed by atoms with E-state index in [0.29, 0.717) is 0 Å². The lowest BCUT2D eigenvalue weighted by Gasteiger charge is -2.29. The molecule has 0 fully saturated rings. The monoisotopic (exact) mass is 567 g/mol. The summed E-state index contributed by atoms with van der Waals surface area (Å²) in [6, 6.07) is 51.7. The van der Waals surface area contributed by atoms with Gasteiger partial charge in [-0.1, -0.05) is 117 Å². The molecular weight excluding hydrogens is 539 g/mol. The Bertz CT molecular complexity index is 2390.